The molecule has 0 radical (unpaired) electrons. The van der Waals surface area contributed by atoms with Gasteiger partial charge in [0.2, 0.25) is 0 Å². The van der Waals surface area contributed by atoms with E-state index in [1.54, 1.807) is 29.1 Å². The van der Waals surface area contributed by atoms with Crippen LogP contribution in [0.3, 0.4) is 0 Å². The Kier molecular flexibility index (Phi) is 6.60. The molecule has 2 N–H and O–H groups in total. The van der Waals surface area contributed by atoms with Crippen LogP contribution in [0, 0.1) is 11.6 Å². The van der Waals surface area contributed by atoms with Crippen LogP contribution in [0.2, 0.25) is 0 Å². The summed E-state index contributed by atoms with van der Waals surface area (Å²) in [5.41, 5.74) is 3.22. The van der Waals surface area contributed by atoms with Crippen molar-refractivity contribution in [2.24, 2.45) is 4.99 Å². The fourth-order valence-corrected chi connectivity index (χ4v) is 4.41. The fraction of sp³-hybridized carbons (Fsp3) is 0.208. The fourth-order valence-electron chi connectivity index (χ4n) is 3.44. The highest BCUT2D eigenvalue weighted by atomic mass is 79.9. The first-order valence-electron chi connectivity index (χ1n) is 10.7. The predicted octanol–water partition coefficient (Wildman–Crippen LogP) is 6.34. The van der Waals surface area contributed by atoms with Gasteiger partial charge in [0.15, 0.2) is 5.65 Å². The number of benzene rings is 2. The number of anilines is 2. The first-order chi connectivity index (χ1) is 16.5. The van der Waals surface area contributed by atoms with E-state index in [4.69, 9.17) is 4.98 Å². The van der Waals surface area contributed by atoms with Crippen LogP contribution in [0.4, 0.5) is 20.4 Å². The van der Waals surface area contributed by atoms with Gasteiger partial charge < -0.3 is 10.6 Å². The largest absolute Gasteiger partial charge is 0.367 e. The molecule has 0 saturated heterocycles. The van der Waals surface area contributed by atoms with Gasteiger partial charge in [0.1, 0.15) is 23.3 Å². The molecule has 0 unspecified atom stereocenters. The number of aliphatic imine (C=N–C) groups is 1. The second-order valence-electron chi connectivity index (χ2n) is 8.08. The van der Waals surface area contributed by atoms with Crippen LogP contribution < -0.4 is 10.6 Å². The molecule has 1 aliphatic carbocycles. The maximum absolute atomic E-state index is 13.4. The maximum Gasteiger partial charge on any atom is 0.168 e. The van der Waals surface area contributed by atoms with E-state index in [-0.39, 0.29) is 11.6 Å². The van der Waals surface area contributed by atoms with Crippen LogP contribution in [0.15, 0.2) is 62.6 Å². The van der Waals surface area contributed by atoms with Gasteiger partial charge >= 0.3 is 0 Å². The summed E-state index contributed by atoms with van der Waals surface area (Å²) in [5, 5.41) is 11.3. The first kappa shape index (κ1) is 22.9. The molecule has 6 nitrogen and oxygen atoms in total. The number of fused-ring (bicyclic) bond motifs is 1. The zero-order valence-electron chi connectivity index (χ0n) is 17.9. The van der Waals surface area contributed by atoms with Crippen molar-refractivity contribution in [1.82, 2.24) is 14.6 Å². The Balaban J connectivity index is 1.41. The molecule has 2 aromatic heterocycles. The highest BCUT2D eigenvalue weighted by Gasteiger charge is 2.23. The standard InChI is InChI=1S/C24H20Br2F2N6/c25-20-7-17(27)3-1-14(20)10-29-11-16-13-31-34-23(32-19-5-6-19)9-22(33-24(16)34)30-12-15-2-4-18(28)8-21(15)26/h1-4,7-9,11,13,19,32H,5-6,10,12H2,(H,30,33)/b29-11+. The lowest BCUT2D eigenvalue weighted by Gasteiger charge is -2.12. The summed E-state index contributed by atoms with van der Waals surface area (Å²) >= 11 is 6.79. The van der Waals surface area contributed by atoms with Gasteiger partial charge in [0.25, 0.3) is 0 Å². The molecule has 2 aromatic carbocycles. The lowest BCUT2D eigenvalue weighted by molar-refractivity contribution is 0.625. The molecule has 174 valence electrons. The quantitative estimate of drug-likeness (QED) is 0.235. The highest BCUT2D eigenvalue weighted by Crippen LogP contribution is 2.27. The topological polar surface area (TPSA) is 66.6 Å². The minimum Gasteiger partial charge on any atom is -0.367 e. The van der Waals surface area contributed by atoms with E-state index in [2.05, 4.69) is 52.6 Å². The van der Waals surface area contributed by atoms with Gasteiger partial charge in [-0.2, -0.15) is 9.61 Å². The summed E-state index contributed by atoms with van der Waals surface area (Å²) in [4.78, 5) is 9.27. The van der Waals surface area contributed by atoms with Crippen molar-refractivity contribution in [1.29, 1.82) is 0 Å². The summed E-state index contributed by atoms with van der Waals surface area (Å²) in [7, 11) is 0. The molecule has 5 rings (SSSR count). The van der Waals surface area contributed by atoms with Crippen LogP contribution in [0.25, 0.3) is 5.65 Å². The van der Waals surface area contributed by atoms with Crippen molar-refractivity contribution < 1.29 is 8.78 Å². The van der Waals surface area contributed by atoms with Crippen molar-refractivity contribution in [3.05, 3.63) is 85.9 Å². The Bertz CT molecular complexity index is 1380. The van der Waals surface area contributed by atoms with Crippen LogP contribution in [-0.4, -0.2) is 26.9 Å². The Labute approximate surface area is 211 Å². The van der Waals surface area contributed by atoms with E-state index >= 15 is 0 Å². The number of hydrogen-bond acceptors (Lipinski definition) is 5. The Morgan fingerprint density at radius 1 is 1.03 bits per heavy atom. The minimum atomic E-state index is -0.296. The molecule has 4 aromatic rings. The maximum atomic E-state index is 13.4. The van der Waals surface area contributed by atoms with Gasteiger partial charge in [-0.15, -0.1) is 0 Å². The molecule has 0 atom stereocenters. The summed E-state index contributed by atoms with van der Waals surface area (Å²) in [6.07, 6.45) is 5.70. The molecule has 0 aliphatic heterocycles. The highest BCUT2D eigenvalue weighted by molar-refractivity contribution is 9.10. The average molecular weight is 590 g/mol. The zero-order valence-corrected chi connectivity index (χ0v) is 21.1. The molecule has 2 heterocycles. The van der Waals surface area contributed by atoms with E-state index in [0.29, 0.717) is 39.5 Å². The molecule has 1 saturated carbocycles. The zero-order chi connectivity index (χ0) is 23.7. The van der Waals surface area contributed by atoms with Gasteiger partial charge in [-0.3, -0.25) is 4.99 Å². The Morgan fingerprint density at radius 2 is 1.74 bits per heavy atom. The van der Waals surface area contributed by atoms with Crippen molar-refractivity contribution in [2.45, 2.75) is 32.0 Å². The minimum absolute atomic E-state index is 0.290. The van der Waals surface area contributed by atoms with Gasteiger partial charge in [0, 0.05) is 33.8 Å². The number of halogens is 4. The van der Waals surface area contributed by atoms with Crippen molar-refractivity contribution in [2.75, 3.05) is 10.6 Å². The van der Waals surface area contributed by atoms with Crippen LogP contribution in [-0.2, 0) is 13.1 Å². The average Bonchev–Trinajstić information content (AvgIpc) is 3.52. The molecule has 1 aliphatic rings. The third-order valence-electron chi connectivity index (χ3n) is 5.41. The van der Waals surface area contributed by atoms with E-state index in [1.807, 2.05) is 6.07 Å². The predicted molar refractivity (Wildman–Crippen MR) is 136 cm³/mol. The molecular weight excluding hydrogens is 570 g/mol. The second kappa shape index (κ2) is 9.79. The van der Waals surface area contributed by atoms with Crippen molar-refractivity contribution in [3.63, 3.8) is 0 Å². The van der Waals surface area contributed by atoms with Gasteiger partial charge in [0.05, 0.1) is 18.3 Å². The number of rotatable bonds is 8. The molecule has 0 amide bonds. The molecule has 34 heavy (non-hydrogen) atoms. The van der Waals surface area contributed by atoms with E-state index in [9.17, 15) is 8.78 Å². The monoisotopic (exact) mass is 588 g/mol. The van der Waals surface area contributed by atoms with E-state index in [0.717, 1.165) is 35.3 Å². The smallest absolute Gasteiger partial charge is 0.168 e. The lowest BCUT2D eigenvalue weighted by atomic mass is 10.2. The Morgan fingerprint density at radius 3 is 2.41 bits per heavy atom. The summed E-state index contributed by atoms with van der Waals surface area (Å²) in [6.45, 7) is 0.866. The molecule has 1 fully saturated rings. The van der Waals surface area contributed by atoms with Crippen molar-refractivity contribution in [3.8, 4) is 0 Å². The van der Waals surface area contributed by atoms with Crippen LogP contribution >= 0.6 is 31.9 Å². The second-order valence-corrected chi connectivity index (χ2v) is 9.78. The number of nitrogens with one attached hydrogen (secondary N) is 2. The van der Waals surface area contributed by atoms with Gasteiger partial charge in [-0.25, -0.2) is 13.8 Å². The molecule has 0 bridgehead atoms. The first-order valence-corrected chi connectivity index (χ1v) is 12.3. The van der Waals surface area contributed by atoms with Gasteiger partial charge in [-0.1, -0.05) is 44.0 Å². The van der Waals surface area contributed by atoms with Crippen LogP contribution in [0.1, 0.15) is 29.5 Å². The summed E-state index contributed by atoms with van der Waals surface area (Å²) in [6, 6.07) is 11.5. The Hall–Kier alpha value is -2.85. The number of nitrogens with zero attached hydrogens (tertiary/aromatic N) is 4. The normalized spacial score (nSPS) is 13.6. The number of hydrogen-bond donors (Lipinski definition) is 2. The van der Waals surface area contributed by atoms with Crippen molar-refractivity contribution >= 4 is 55.4 Å². The SMILES string of the molecule is Fc1ccc(C/N=C/c2cnn3c(NC4CC4)cc(NCc4ccc(F)cc4Br)nc23)c(Br)c1. The third-order valence-corrected chi connectivity index (χ3v) is 6.89. The van der Waals surface area contributed by atoms with E-state index in [1.165, 1.54) is 24.3 Å². The van der Waals surface area contributed by atoms with Gasteiger partial charge in [-0.05, 0) is 48.2 Å². The number of aromatic nitrogens is 3. The third kappa shape index (κ3) is 5.28. The lowest BCUT2D eigenvalue weighted by Crippen LogP contribution is -2.10. The summed E-state index contributed by atoms with van der Waals surface area (Å²) in [5.74, 6) is 0.925. The molecule has 0 spiro atoms. The molecular formula is C24H20Br2F2N6. The van der Waals surface area contributed by atoms with E-state index < -0.39 is 0 Å². The van der Waals surface area contributed by atoms with Crippen LogP contribution in [0.5, 0.6) is 0 Å². The summed E-state index contributed by atoms with van der Waals surface area (Å²) < 4.78 is 29.9. The molecule has 10 heteroatoms.